The summed E-state index contributed by atoms with van der Waals surface area (Å²) in [6.07, 6.45) is 0. The van der Waals surface area contributed by atoms with Crippen LogP contribution in [0.2, 0.25) is 0 Å². The van der Waals surface area contributed by atoms with Gasteiger partial charge in [0.15, 0.2) is 0 Å². The summed E-state index contributed by atoms with van der Waals surface area (Å²) in [5.74, 6) is 1.10. The van der Waals surface area contributed by atoms with Gasteiger partial charge in [-0.1, -0.05) is 18.2 Å². The number of fused-ring (bicyclic) bond motifs is 1. The van der Waals surface area contributed by atoms with Crippen LogP contribution < -0.4 is 5.32 Å². The van der Waals surface area contributed by atoms with Gasteiger partial charge in [0.05, 0.1) is 10.6 Å². The average molecular weight is 363 g/mol. The third-order valence-corrected chi connectivity index (χ3v) is 5.88. The molecule has 2 aromatic heterocycles. The average Bonchev–Trinajstić information content (AvgIpc) is 3.11. The zero-order valence-electron chi connectivity index (χ0n) is 13.5. The molecule has 0 saturated carbocycles. The van der Waals surface area contributed by atoms with E-state index in [0.717, 1.165) is 21.7 Å². The van der Waals surface area contributed by atoms with Gasteiger partial charge in [0, 0.05) is 30.5 Å². The number of thiophene rings is 1. The molecule has 4 nitrogen and oxygen atoms in total. The molecule has 1 amide bonds. The monoisotopic (exact) mass is 363 g/mol. The molecule has 1 aromatic carbocycles. The van der Waals surface area contributed by atoms with E-state index >= 15 is 0 Å². The minimum atomic E-state index is -0.178. The van der Waals surface area contributed by atoms with Crippen molar-refractivity contribution in [3.63, 3.8) is 0 Å². The van der Waals surface area contributed by atoms with Gasteiger partial charge in [0.25, 0.3) is 5.91 Å². The van der Waals surface area contributed by atoms with Crippen molar-refractivity contribution >= 4 is 39.2 Å². The fraction of sp³-hybridized carbons (Fsp3) is 0.294. The lowest BCUT2D eigenvalue weighted by Gasteiger charge is -2.05. The van der Waals surface area contributed by atoms with Crippen LogP contribution in [0.25, 0.3) is 10.2 Å². The Labute approximate surface area is 148 Å². The van der Waals surface area contributed by atoms with Gasteiger partial charge in [-0.2, -0.15) is 16.9 Å². The summed E-state index contributed by atoms with van der Waals surface area (Å²) in [4.78, 5) is 13.9. The lowest BCUT2D eigenvalue weighted by molar-refractivity contribution is 0.0960. The zero-order valence-corrected chi connectivity index (χ0v) is 15.1. The van der Waals surface area contributed by atoms with Gasteiger partial charge in [-0.05, 0) is 24.6 Å². The fourth-order valence-electron chi connectivity index (χ4n) is 2.44. The van der Waals surface area contributed by atoms with Crippen molar-refractivity contribution in [3.05, 3.63) is 52.3 Å². The summed E-state index contributed by atoms with van der Waals surface area (Å²) < 4.78 is 15.3. The van der Waals surface area contributed by atoms with Crippen molar-refractivity contribution in [2.75, 3.05) is 12.3 Å². The van der Waals surface area contributed by atoms with E-state index in [1.165, 1.54) is 17.4 Å². The van der Waals surface area contributed by atoms with Crippen LogP contribution in [-0.4, -0.2) is 28.0 Å². The molecule has 2 heterocycles. The topological polar surface area (TPSA) is 46.9 Å². The van der Waals surface area contributed by atoms with Crippen LogP contribution in [-0.2, 0) is 12.8 Å². The Balaban J connectivity index is 1.48. The molecule has 0 radical (unpaired) electrons. The Morgan fingerprint density at radius 1 is 1.42 bits per heavy atom. The van der Waals surface area contributed by atoms with Crippen LogP contribution in [0.3, 0.4) is 0 Å². The Hall–Kier alpha value is -1.86. The highest BCUT2D eigenvalue weighted by Crippen LogP contribution is 2.27. The molecular weight excluding hydrogens is 345 g/mol. The Kier molecular flexibility index (Phi) is 5.20. The predicted molar refractivity (Wildman–Crippen MR) is 98.2 cm³/mol. The number of amides is 1. The summed E-state index contributed by atoms with van der Waals surface area (Å²) in [5.41, 5.74) is 1.63. The number of benzene rings is 1. The maximum absolute atomic E-state index is 13.5. The van der Waals surface area contributed by atoms with Gasteiger partial charge in [0.2, 0.25) is 0 Å². The second kappa shape index (κ2) is 7.36. The Morgan fingerprint density at radius 3 is 2.96 bits per heavy atom. The predicted octanol–water partition coefficient (Wildman–Crippen LogP) is 3.75. The molecule has 0 fully saturated rings. The van der Waals surface area contributed by atoms with Crippen LogP contribution in [0, 0.1) is 12.7 Å². The first-order valence-electron chi connectivity index (χ1n) is 7.58. The van der Waals surface area contributed by atoms with E-state index in [9.17, 15) is 9.18 Å². The van der Waals surface area contributed by atoms with Crippen LogP contribution in [0.5, 0.6) is 0 Å². The molecule has 3 aromatic rings. The minimum Gasteiger partial charge on any atom is -0.351 e. The van der Waals surface area contributed by atoms with E-state index in [4.69, 9.17) is 0 Å². The minimum absolute atomic E-state index is 0.0675. The van der Waals surface area contributed by atoms with Crippen molar-refractivity contribution in [1.29, 1.82) is 0 Å². The summed E-state index contributed by atoms with van der Waals surface area (Å²) in [6, 6.07) is 8.67. The maximum atomic E-state index is 13.5. The number of carbonyl (C=O) groups is 1. The fourth-order valence-corrected chi connectivity index (χ4v) is 4.32. The Bertz CT molecular complexity index is 837. The van der Waals surface area contributed by atoms with Crippen LogP contribution >= 0.6 is 23.1 Å². The summed E-state index contributed by atoms with van der Waals surface area (Å²) >= 11 is 3.05. The second-order valence-corrected chi connectivity index (χ2v) is 7.57. The van der Waals surface area contributed by atoms with Crippen molar-refractivity contribution in [3.8, 4) is 0 Å². The molecular formula is C17H18FN3OS2. The number of thioether (sulfide) groups is 1. The van der Waals surface area contributed by atoms with Gasteiger partial charge < -0.3 is 5.32 Å². The third-order valence-electron chi connectivity index (χ3n) is 3.67. The van der Waals surface area contributed by atoms with E-state index in [1.807, 2.05) is 26.1 Å². The first-order chi connectivity index (χ1) is 11.6. The van der Waals surface area contributed by atoms with Gasteiger partial charge in [-0.15, -0.1) is 11.3 Å². The SMILES string of the molecule is Cc1nn(C)c2sc(C(=O)NCCSCc3ccccc3F)cc12. The van der Waals surface area contributed by atoms with Gasteiger partial charge in [0.1, 0.15) is 10.6 Å². The number of carbonyl (C=O) groups excluding carboxylic acids is 1. The molecule has 0 bridgehead atoms. The highest BCUT2D eigenvalue weighted by Gasteiger charge is 2.14. The van der Waals surface area contributed by atoms with Crippen molar-refractivity contribution < 1.29 is 9.18 Å². The normalized spacial score (nSPS) is 11.1. The molecule has 0 aliphatic heterocycles. The van der Waals surface area contributed by atoms with E-state index in [1.54, 1.807) is 28.6 Å². The maximum Gasteiger partial charge on any atom is 0.261 e. The number of nitrogens with one attached hydrogen (secondary N) is 1. The van der Waals surface area contributed by atoms with Crippen LogP contribution in [0.15, 0.2) is 30.3 Å². The molecule has 126 valence electrons. The summed E-state index contributed by atoms with van der Waals surface area (Å²) in [6.45, 7) is 2.50. The standard InChI is InChI=1S/C17H18FN3OS2/c1-11-13-9-15(24-17(13)21(2)20-11)16(22)19-7-8-23-10-12-5-3-4-6-14(12)18/h3-6,9H,7-8,10H2,1-2H3,(H,19,22). The molecule has 0 spiro atoms. The highest BCUT2D eigenvalue weighted by atomic mass is 32.2. The van der Waals surface area contributed by atoms with E-state index < -0.39 is 0 Å². The van der Waals surface area contributed by atoms with Gasteiger partial charge in [-0.25, -0.2) is 4.39 Å². The molecule has 0 unspecified atom stereocenters. The van der Waals surface area contributed by atoms with Crippen LogP contribution in [0.1, 0.15) is 20.9 Å². The molecule has 0 aliphatic carbocycles. The summed E-state index contributed by atoms with van der Waals surface area (Å²) in [5, 5.41) is 8.28. The first-order valence-corrected chi connectivity index (χ1v) is 9.56. The van der Waals surface area contributed by atoms with Crippen LogP contribution in [0.4, 0.5) is 4.39 Å². The molecule has 3 rings (SSSR count). The molecule has 0 atom stereocenters. The largest absolute Gasteiger partial charge is 0.351 e. The third kappa shape index (κ3) is 3.62. The molecule has 7 heteroatoms. The first kappa shape index (κ1) is 17.0. The smallest absolute Gasteiger partial charge is 0.261 e. The van der Waals surface area contributed by atoms with Gasteiger partial charge in [-0.3, -0.25) is 9.48 Å². The van der Waals surface area contributed by atoms with Gasteiger partial charge >= 0.3 is 0 Å². The highest BCUT2D eigenvalue weighted by molar-refractivity contribution is 7.98. The number of nitrogens with zero attached hydrogens (tertiary/aromatic N) is 2. The zero-order chi connectivity index (χ0) is 17.1. The van der Waals surface area contributed by atoms with Crippen molar-refractivity contribution in [2.24, 2.45) is 7.05 Å². The van der Waals surface area contributed by atoms with E-state index in [2.05, 4.69) is 10.4 Å². The van der Waals surface area contributed by atoms with E-state index in [0.29, 0.717) is 22.7 Å². The number of halogens is 1. The second-order valence-electron chi connectivity index (χ2n) is 5.44. The number of hydrogen-bond acceptors (Lipinski definition) is 4. The number of rotatable bonds is 6. The summed E-state index contributed by atoms with van der Waals surface area (Å²) in [7, 11) is 1.88. The number of hydrogen-bond donors (Lipinski definition) is 1. The van der Waals surface area contributed by atoms with Crippen molar-refractivity contribution in [2.45, 2.75) is 12.7 Å². The molecule has 0 saturated heterocycles. The Morgan fingerprint density at radius 2 is 2.21 bits per heavy atom. The lowest BCUT2D eigenvalue weighted by Crippen LogP contribution is -2.24. The molecule has 0 aliphatic rings. The van der Waals surface area contributed by atoms with E-state index in [-0.39, 0.29) is 11.7 Å². The quantitative estimate of drug-likeness (QED) is 0.679. The number of aryl methyl sites for hydroxylation is 2. The molecule has 1 N–H and O–H groups in total. The number of aromatic nitrogens is 2. The van der Waals surface area contributed by atoms with Crippen molar-refractivity contribution in [1.82, 2.24) is 15.1 Å². The lowest BCUT2D eigenvalue weighted by atomic mass is 10.2. The molecule has 24 heavy (non-hydrogen) atoms.